The molecule has 0 bridgehead atoms. The van der Waals surface area contributed by atoms with E-state index < -0.39 is 0 Å². The standard InChI is InChI=1S/C14H8ClIN2/c15-13-12(16)8-17-14(18-13)11-6-5-9-3-1-2-4-10(9)7-11/h1-8H. The van der Waals surface area contributed by atoms with Crippen molar-refractivity contribution in [1.29, 1.82) is 0 Å². The molecule has 0 unspecified atom stereocenters. The smallest absolute Gasteiger partial charge is 0.160 e. The zero-order valence-electron chi connectivity index (χ0n) is 9.27. The van der Waals surface area contributed by atoms with Crippen LogP contribution in [-0.2, 0) is 0 Å². The van der Waals surface area contributed by atoms with Gasteiger partial charge < -0.3 is 0 Å². The molecule has 0 aliphatic carbocycles. The number of fused-ring (bicyclic) bond motifs is 1. The van der Waals surface area contributed by atoms with Crippen LogP contribution in [0.1, 0.15) is 0 Å². The van der Waals surface area contributed by atoms with Crippen LogP contribution in [0.5, 0.6) is 0 Å². The molecule has 3 aromatic rings. The third-order valence-electron chi connectivity index (χ3n) is 2.71. The van der Waals surface area contributed by atoms with Crippen molar-refractivity contribution in [2.45, 2.75) is 0 Å². The quantitative estimate of drug-likeness (QED) is 0.466. The van der Waals surface area contributed by atoms with Crippen LogP contribution >= 0.6 is 34.2 Å². The van der Waals surface area contributed by atoms with Gasteiger partial charge in [0.1, 0.15) is 5.15 Å². The van der Waals surface area contributed by atoms with Gasteiger partial charge >= 0.3 is 0 Å². The molecule has 2 nitrogen and oxygen atoms in total. The maximum Gasteiger partial charge on any atom is 0.160 e. The Morgan fingerprint density at radius 1 is 1.00 bits per heavy atom. The molecule has 0 saturated heterocycles. The lowest BCUT2D eigenvalue weighted by molar-refractivity contribution is 1.16. The summed E-state index contributed by atoms with van der Waals surface area (Å²) < 4.78 is 0.860. The second kappa shape index (κ2) is 4.82. The number of hydrogen-bond donors (Lipinski definition) is 0. The second-order valence-electron chi connectivity index (χ2n) is 3.89. The van der Waals surface area contributed by atoms with Gasteiger partial charge in [-0.3, -0.25) is 0 Å². The molecule has 18 heavy (non-hydrogen) atoms. The summed E-state index contributed by atoms with van der Waals surface area (Å²) in [4.78, 5) is 8.61. The van der Waals surface area contributed by atoms with E-state index in [2.05, 4.69) is 56.8 Å². The van der Waals surface area contributed by atoms with Gasteiger partial charge in [0.05, 0.1) is 3.57 Å². The van der Waals surface area contributed by atoms with Crippen molar-refractivity contribution in [1.82, 2.24) is 9.97 Å². The molecule has 0 fully saturated rings. The molecule has 0 saturated carbocycles. The summed E-state index contributed by atoms with van der Waals surface area (Å²) in [5.41, 5.74) is 0.979. The van der Waals surface area contributed by atoms with E-state index in [1.54, 1.807) is 6.20 Å². The second-order valence-corrected chi connectivity index (χ2v) is 5.41. The van der Waals surface area contributed by atoms with Gasteiger partial charge in [0.25, 0.3) is 0 Å². The number of nitrogens with zero attached hydrogens (tertiary/aromatic N) is 2. The summed E-state index contributed by atoms with van der Waals surface area (Å²) in [5.74, 6) is 0.658. The van der Waals surface area contributed by atoms with Gasteiger partial charge in [0.2, 0.25) is 0 Å². The van der Waals surface area contributed by atoms with E-state index in [1.807, 2.05) is 18.2 Å². The van der Waals surface area contributed by atoms with Crippen LogP contribution < -0.4 is 0 Å². The molecule has 88 valence electrons. The first-order valence-electron chi connectivity index (χ1n) is 5.41. The Kier molecular flexibility index (Phi) is 3.18. The van der Waals surface area contributed by atoms with Crippen molar-refractivity contribution < 1.29 is 0 Å². The molecule has 3 rings (SSSR count). The van der Waals surface area contributed by atoms with Gasteiger partial charge in [-0.15, -0.1) is 0 Å². The van der Waals surface area contributed by atoms with Crippen molar-refractivity contribution in [3.63, 3.8) is 0 Å². The maximum absolute atomic E-state index is 6.02. The third kappa shape index (κ3) is 2.20. The van der Waals surface area contributed by atoms with Gasteiger partial charge in [0.15, 0.2) is 5.82 Å². The highest BCUT2D eigenvalue weighted by Gasteiger charge is 2.05. The van der Waals surface area contributed by atoms with Crippen LogP contribution in [0.25, 0.3) is 22.2 Å². The average molecular weight is 367 g/mol. The van der Waals surface area contributed by atoms with E-state index in [9.17, 15) is 0 Å². The molecule has 0 aliphatic rings. The lowest BCUT2D eigenvalue weighted by atomic mass is 10.1. The Morgan fingerprint density at radius 2 is 1.78 bits per heavy atom. The van der Waals surface area contributed by atoms with Gasteiger partial charge in [-0.1, -0.05) is 48.0 Å². The Labute approximate surface area is 123 Å². The fourth-order valence-electron chi connectivity index (χ4n) is 1.81. The van der Waals surface area contributed by atoms with Crippen molar-refractivity contribution in [2.75, 3.05) is 0 Å². The number of hydrogen-bond acceptors (Lipinski definition) is 2. The van der Waals surface area contributed by atoms with Crippen LogP contribution in [-0.4, -0.2) is 9.97 Å². The summed E-state index contributed by atoms with van der Waals surface area (Å²) in [5, 5.41) is 2.87. The van der Waals surface area contributed by atoms with Crippen LogP contribution in [0.15, 0.2) is 48.7 Å². The van der Waals surface area contributed by atoms with Gasteiger partial charge in [0, 0.05) is 11.8 Å². The fraction of sp³-hybridized carbons (Fsp3) is 0. The number of rotatable bonds is 1. The molecule has 1 heterocycles. The lowest BCUT2D eigenvalue weighted by Gasteiger charge is -2.03. The topological polar surface area (TPSA) is 25.8 Å². The van der Waals surface area contributed by atoms with E-state index in [1.165, 1.54) is 10.8 Å². The minimum Gasteiger partial charge on any atom is -0.235 e. The first-order valence-corrected chi connectivity index (χ1v) is 6.87. The minimum absolute atomic E-state index is 0.494. The van der Waals surface area contributed by atoms with Gasteiger partial charge in [-0.05, 0) is 39.4 Å². The summed E-state index contributed by atoms with van der Waals surface area (Å²) in [6, 6.07) is 14.4. The van der Waals surface area contributed by atoms with E-state index >= 15 is 0 Å². The number of halogens is 2. The Balaban J connectivity index is 2.16. The van der Waals surface area contributed by atoms with E-state index in [-0.39, 0.29) is 0 Å². The predicted octanol–water partition coefficient (Wildman–Crippen LogP) is 4.55. The van der Waals surface area contributed by atoms with Crippen LogP contribution in [0.3, 0.4) is 0 Å². The molecule has 0 atom stereocenters. The molecular weight excluding hydrogens is 359 g/mol. The summed E-state index contributed by atoms with van der Waals surface area (Å²) in [6.07, 6.45) is 1.74. The average Bonchev–Trinajstić information content (AvgIpc) is 2.41. The molecule has 2 aromatic carbocycles. The molecule has 4 heteroatoms. The highest BCUT2D eigenvalue weighted by Crippen LogP contribution is 2.24. The molecule has 0 radical (unpaired) electrons. The normalized spacial score (nSPS) is 10.8. The van der Waals surface area contributed by atoms with E-state index in [4.69, 9.17) is 11.6 Å². The zero-order valence-corrected chi connectivity index (χ0v) is 12.2. The van der Waals surface area contributed by atoms with E-state index in [0.717, 1.165) is 9.13 Å². The number of aromatic nitrogens is 2. The number of benzene rings is 2. The predicted molar refractivity (Wildman–Crippen MR) is 82.7 cm³/mol. The summed E-state index contributed by atoms with van der Waals surface area (Å²) >= 11 is 8.14. The Morgan fingerprint density at radius 3 is 2.56 bits per heavy atom. The van der Waals surface area contributed by atoms with Crippen LogP contribution in [0.2, 0.25) is 5.15 Å². The first kappa shape index (κ1) is 11.9. The molecule has 0 amide bonds. The highest BCUT2D eigenvalue weighted by atomic mass is 127. The van der Waals surface area contributed by atoms with Gasteiger partial charge in [-0.2, -0.15) is 0 Å². The minimum atomic E-state index is 0.494. The van der Waals surface area contributed by atoms with Crippen LogP contribution in [0, 0.1) is 3.57 Å². The lowest BCUT2D eigenvalue weighted by Crippen LogP contribution is -1.91. The van der Waals surface area contributed by atoms with Crippen LogP contribution in [0.4, 0.5) is 0 Å². The van der Waals surface area contributed by atoms with Crippen molar-refractivity contribution in [3.8, 4) is 11.4 Å². The molecule has 0 aliphatic heterocycles. The largest absolute Gasteiger partial charge is 0.235 e. The highest BCUT2D eigenvalue weighted by molar-refractivity contribution is 14.1. The van der Waals surface area contributed by atoms with Crippen molar-refractivity contribution in [2.24, 2.45) is 0 Å². The summed E-state index contributed by atoms with van der Waals surface area (Å²) in [6.45, 7) is 0. The molecule has 0 spiro atoms. The monoisotopic (exact) mass is 366 g/mol. The molecular formula is C14H8ClIN2. The molecule has 1 aromatic heterocycles. The molecule has 0 N–H and O–H groups in total. The first-order chi connectivity index (χ1) is 8.74. The summed E-state index contributed by atoms with van der Waals surface area (Å²) in [7, 11) is 0. The van der Waals surface area contributed by atoms with Crippen molar-refractivity contribution in [3.05, 3.63) is 57.4 Å². The van der Waals surface area contributed by atoms with Gasteiger partial charge in [-0.25, -0.2) is 9.97 Å². The SMILES string of the molecule is Clc1nc(-c2ccc3ccccc3c2)ncc1I. The zero-order chi connectivity index (χ0) is 12.5. The van der Waals surface area contributed by atoms with Crippen molar-refractivity contribution >= 4 is 45.0 Å². The Bertz CT molecular complexity index is 728. The third-order valence-corrected chi connectivity index (χ3v) is 4.11. The Hall–Kier alpha value is -1.20. The maximum atomic E-state index is 6.02. The van der Waals surface area contributed by atoms with E-state index in [0.29, 0.717) is 11.0 Å². The fourth-order valence-corrected chi connectivity index (χ4v) is 2.20.